The fraction of sp³-hybridized carbons (Fsp3) is 0.444. The number of carbonyl (C=O) groups excluding carboxylic acids is 1. The fourth-order valence-electron chi connectivity index (χ4n) is 2.92. The van der Waals surface area contributed by atoms with Crippen molar-refractivity contribution in [2.24, 2.45) is 0 Å². The molecule has 0 aliphatic carbocycles. The first-order valence-electron chi connectivity index (χ1n) is 9.43. The summed E-state index contributed by atoms with van der Waals surface area (Å²) in [7, 11) is -2.88. The van der Waals surface area contributed by atoms with Crippen molar-refractivity contribution in [3.8, 4) is 0 Å². The summed E-state index contributed by atoms with van der Waals surface area (Å²) < 4.78 is 95.8. The van der Waals surface area contributed by atoms with Gasteiger partial charge >= 0.3 is 16.4 Å². The lowest BCUT2D eigenvalue weighted by Gasteiger charge is -2.22. The third-order valence-corrected chi connectivity index (χ3v) is 6.14. The molecule has 1 aliphatic heterocycles. The van der Waals surface area contributed by atoms with E-state index in [0.717, 1.165) is 10.6 Å². The molecule has 1 aromatic heterocycles. The van der Waals surface area contributed by atoms with Gasteiger partial charge in [0.2, 0.25) is 0 Å². The first-order chi connectivity index (χ1) is 15.4. The topological polar surface area (TPSA) is 123 Å². The third kappa shape index (κ3) is 5.98. The largest absolute Gasteiger partial charge is 0.431 e. The number of rotatable bonds is 6. The lowest BCUT2D eigenvalue weighted by molar-refractivity contribution is -0.139. The molecule has 1 unspecified atom stereocenters. The van der Waals surface area contributed by atoms with Crippen molar-refractivity contribution in [3.63, 3.8) is 0 Å². The maximum Gasteiger partial charge on any atom is 0.419 e. The number of methoxy groups -OCH3 is 1. The molecule has 1 atom stereocenters. The lowest BCUT2D eigenvalue weighted by atomic mass is 10.1. The summed E-state index contributed by atoms with van der Waals surface area (Å²) in [5, 5.41) is 2.42. The second kappa shape index (κ2) is 9.62. The molecule has 1 amide bonds. The van der Waals surface area contributed by atoms with Crippen LogP contribution in [0.5, 0.6) is 0 Å². The van der Waals surface area contributed by atoms with Gasteiger partial charge in [-0.2, -0.15) is 30.9 Å². The van der Waals surface area contributed by atoms with E-state index in [1.54, 1.807) is 0 Å². The zero-order valence-electron chi connectivity index (χ0n) is 17.4. The van der Waals surface area contributed by atoms with Crippen LogP contribution in [0.1, 0.15) is 21.6 Å². The highest BCUT2D eigenvalue weighted by atomic mass is 32.2. The minimum Gasteiger partial charge on any atom is -0.431 e. The van der Waals surface area contributed by atoms with Crippen molar-refractivity contribution in [2.75, 3.05) is 38.7 Å². The zero-order chi connectivity index (χ0) is 24.4. The molecule has 10 nitrogen and oxygen atoms in total. The van der Waals surface area contributed by atoms with Crippen LogP contribution in [-0.4, -0.2) is 63.1 Å². The van der Waals surface area contributed by atoms with Crippen LogP contribution in [0, 0.1) is 12.7 Å². The Morgan fingerprint density at radius 3 is 2.73 bits per heavy atom. The molecular weight excluding hydrogens is 476 g/mol. The van der Waals surface area contributed by atoms with E-state index in [0.29, 0.717) is 12.1 Å². The Morgan fingerprint density at radius 1 is 1.33 bits per heavy atom. The summed E-state index contributed by atoms with van der Waals surface area (Å²) in [6.45, 7) is 1.58. The van der Waals surface area contributed by atoms with Gasteiger partial charge in [0, 0.05) is 25.9 Å². The van der Waals surface area contributed by atoms with Crippen LogP contribution in [0.25, 0.3) is 0 Å². The molecule has 0 radical (unpaired) electrons. The predicted molar refractivity (Wildman–Crippen MR) is 105 cm³/mol. The average Bonchev–Trinajstić information content (AvgIpc) is 3.03. The van der Waals surface area contributed by atoms with Gasteiger partial charge in [-0.25, -0.2) is 9.11 Å². The maximum absolute atomic E-state index is 13.6. The van der Waals surface area contributed by atoms with Crippen LogP contribution in [0.15, 0.2) is 22.8 Å². The fourth-order valence-corrected chi connectivity index (χ4v) is 4.07. The Kier molecular flexibility index (Phi) is 7.26. The zero-order valence-corrected chi connectivity index (χ0v) is 18.2. The van der Waals surface area contributed by atoms with Crippen molar-refractivity contribution < 1.29 is 44.7 Å². The summed E-state index contributed by atoms with van der Waals surface area (Å²) in [6.07, 6.45) is -4.63. The van der Waals surface area contributed by atoms with E-state index < -0.39 is 51.5 Å². The van der Waals surface area contributed by atoms with Gasteiger partial charge in [0.1, 0.15) is 12.1 Å². The van der Waals surface area contributed by atoms with E-state index in [1.165, 1.54) is 14.0 Å². The summed E-state index contributed by atoms with van der Waals surface area (Å²) in [6, 6.07) is 0.821. The van der Waals surface area contributed by atoms with Crippen molar-refractivity contribution in [1.82, 2.24) is 14.0 Å². The smallest absolute Gasteiger partial charge is 0.419 e. The number of alkyl halides is 3. The van der Waals surface area contributed by atoms with Gasteiger partial charge in [-0.05, 0) is 24.6 Å². The molecule has 0 saturated carbocycles. The van der Waals surface area contributed by atoms with Gasteiger partial charge in [0.25, 0.3) is 11.9 Å². The van der Waals surface area contributed by atoms with E-state index in [2.05, 4.69) is 10.3 Å². The van der Waals surface area contributed by atoms with E-state index in [4.69, 9.17) is 13.9 Å². The lowest BCUT2D eigenvalue weighted by Crippen LogP contribution is -2.47. The summed E-state index contributed by atoms with van der Waals surface area (Å²) >= 11 is 0. The van der Waals surface area contributed by atoms with Gasteiger partial charge in [-0.3, -0.25) is 4.79 Å². The van der Waals surface area contributed by atoms with Gasteiger partial charge in [-0.15, -0.1) is 0 Å². The molecule has 3 rings (SSSR count). The van der Waals surface area contributed by atoms with Crippen molar-refractivity contribution in [2.45, 2.75) is 19.2 Å². The average molecular weight is 496 g/mol. The van der Waals surface area contributed by atoms with Gasteiger partial charge < -0.3 is 19.2 Å². The van der Waals surface area contributed by atoms with Crippen LogP contribution < -0.4 is 10.0 Å². The molecule has 2 aromatic rings. The van der Waals surface area contributed by atoms with Crippen LogP contribution >= 0.6 is 0 Å². The van der Waals surface area contributed by atoms with Crippen LogP contribution in [-0.2, 0) is 25.9 Å². The monoisotopic (exact) mass is 496 g/mol. The summed E-state index contributed by atoms with van der Waals surface area (Å²) in [5.74, 6) is -2.57. The minimum absolute atomic E-state index is 0.0144. The van der Waals surface area contributed by atoms with Crippen LogP contribution in [0.3, 0.4) is 0 Å². The minimum atomic E-state index is -4.93. The molecule has 0 spiro atoms. The Hall–Kier alpha value is -2.75. The molecule has 2 heterocycles. The van der Waals surface area contributed by atoms with E-state index >= 15 is 0 Å². The molecule has 1 aliphatic rings. The number of oxazole rings is 1. The molecular formula is C18H20F4N4O6S. The number of hydrogen-bond donors (Lipinski definition) is 2. The molecule has 182 valence electrons. The van der Waals surface area contributed by atoms with Crippen molar-refractivity contribution in [1.29, 1.82) is 0 Å². The second-order valence-corrected chi connectivity index (χ2v) is 8.71. The van der Waals surface area contributed by atoms with Gasteiger partial charge in [0.05, 0.1) is 24.9 Å². The Morgan fingerprint density at radius 2 is 2.06 bits per heavy atom. The summed E-state index contributed by atoms with van der Waals surface area (Å²) in [5.41, 5.74) is -2.00. The van der Waals surface area contributed by atoms with E-state index in [1.807, 2.05) is 4.72 Å². The number of halogens is 4. The highest BCUT2D eigenvalue weighted by molar-refractivity contribution is 7.87. The quantitative estimate of drug-likeness (QED) is 0.584. The number of aromatic nitrogens is 1. The number of nitrogens with zero attached hydrogens (tertiary/aromatic N) is 2. The van der Waals surface area contributed by atoms with Gasteiger partial charge in [-0.1, -0.05) is 0 Å². The van der Waals surface area contributed by atoms with Crippen molar-refractivity contribution in [3.05, 3.63) is 41.0 Å². The predicted octanol–water partition coefficient (Wildman–Crippen LogP) is 2.21. The number of benzene rings is 1. The molecule has 0 bridgehead atoms. The number of hydrogen-bond acceptors (Lipinski definition) is 8. The Labute approximate surface area is 186 Å². The standard InChI is InChI=1S/C18H20F4N4O6S/c1-10-5-13(19)12(18(20,21)22)6-14(10)23-17-24-15(9-32-17)16(27)25-33(28,29)26-3-4-31-8-11(7-26)30-2/h5-6,9,11H,3-4,7-8H2,1-2H3,(H,23,24)(H,25,27). The number of carbonyl (C=O) groups is 1. The van der Waals surface area contributed by atoms with Gasteiger partial charge in [0.15, 0.2) is 5.69 Å². The third-order valence-electron chi connectivity index (χ3n) is 4.69. The molecule has 1 saturated heterocycles. The van der Waals surface area contributed by atoms with E-state index in [-0.39, 0.29) is 37.6 Å². The molecule has 1 aromatic carbocycles. The number of anilines is 2. The number of aryl methyl sites for hydroxylation is 1. The molecule has 33 heavy (non-hydrogen) atoms. The SMILES string of the molecule is COC1COCCN(S(=O)(=O)NC(=O)c2coc(Nc3cc(C(F)(F)F)c(F)cc3C)n2)C1. The first-order valence-corrected chi connectivity index (χ1v) is 10.9. The van der Waals surface area contributed by atoms with E-state index in [9.17, 15) is 30.8 Å². The van der Waals surface area contributed by atoms with Crippen LogP contribution in [0.4, 0.5) is 29.3 Å². The first kappa shape index (κ1) is 24.9. The highest BCUT2D eigenvalue weighted by Gasteiger charge is 2.35. The highest BCUT2D eigenvalue weighted by Crippen LogP contribution is 2.35. The maximum atomic E-state index is 13.6. The number of ether oxygens (including phenoxy) is 2. The summed E-state index contributed by atoms with van der Waals surface area (Å²) in [4.78, 5) is 16.1. The number of nitrogens with one attached hydrogen (secondary N) is 2. The molecule has 15 heteroatoms. The molecule has 1 fully saturated rings. The second-order valence-electron chi connectivity index (χ2n) is 7.03. The number of amides is 1. The van der Waals surface area contributed by atoms with Crippen molar-refractivity contribution >= 4 is 27.8 Å². The Balaban J connectivity index is 1.73. The normalized spacial score (nSPS) is 18.1. The Bertz CT molecular complexity index is 1120. The van der Waals surface area contributed by atoms with Crippen LogP contribution in [0.2, 0.25) is 0 Å². The molecule has 2 N–H and O–H groups in total.